The van der Waals surface area contributed by atoms with Crippen LogP contribution in [0.15, 0.2) is 18.7 Å². The molecule has 1 fully saturated rings. The van der Waals surface area contributed by atoms with E-state index in [1.807, 2.05) is 18.7 Å². The van der Waals surface area contributed by atoms with E-state index >= 15 is 0 Å². The predicted molar refractivity (Wildman–Crippen MR) is 43.4 cm³/mol. The first-order valence-electron chi connectivity index (χ1n) is 4.15. The Balaban J connectivity index is 2.04. The third kappa shape index (κ3) is 1.43. The smallest absolute Gasteiger partial charge is 0.0948 e. The first kappa shape index (κ1) is 6.85. The van der Waals surface area contributed by atoms with Gasteiger partial charge in [-0.3, -0.25) is 0 Å². The van der Waals surface area contributed by atoms with Crippen LogP contribution in [0.3, 0.4) is 0 Å². The van der Waals surface area contributed by atoms with E-state index in [2.05, 4.69) is 14.9 Å². The standard InChI is InChI=1S/C8H13N3/c1-2-8(6-9-3-1)11-5-4-10-7-11/h4-5,7-9H,1-3,6H2. The zero-order valence-corrected chi connectivity index (χ0v) is 6.53. The fourth-order valence-electron chi connectivity index (χ4n) is 1.57. The SMILES string of the molecule is c1cn(C2CCCNC2)cn1. The molecule has 0 bridgehead atoms. The van der Waals surface area contributed by atoms with Gasteiger partial charge >= 0.3 is 0 Å². The monoisotopic (exact) mass is 151 g/mol. The second-order valence-electron chi connectivity index (χ2n) is 3.01. The first-order chi connectivity index (χ1) is 5.47. The Labute approximate surface area is 66.4 Å². The minimum atomic E-state index is 0.631. The van der Waals surface area contributed by atoms with Gasteiger partial charge in [-0.15, -0.1) is 0 Å². The minimum Gasteiger partial charge on any atom is -0.333 e. The molecule has 1 aromatic heterocycles. The Kier molecular flexibility index (Phi) is 1.90. The largest absolute Gasteiger partial charge is 0.333 e. The molecule has 2 heterocycles. The number of aromatic nitrogens is 2. The molecule has 1 N–H and O–H groups in total. The van der Waals surface area contributed by atoms with Gasteiger partial charge in [0.1, 0.15) is 0 Å². The van der Waals surface area contributed by atoms with Crippen LogP contribution in [0.5, 0.6) is 0 Å². The molecule has 11 heavy (non-hydrogen) atoms. The van der Waals surface area contributed by atoms with E-state index in [4.69, 9.17) is 0 Å². The maximum absolute atomic E-state index is 4.03. The van der Waals surface area contributed by atoms with Crippen LogP contribution in [0.4, 0.5) is 0 Å². The molecule has 3 nitrogen and oxygen atoms in total. The molecular weight excluding hydrogens is 138 g/mol. The van der Waals surface area contributed by atoms with E-state index in [1.165, 1.54) is 19.4 Å². The van der Waals surface area contributed by atoms with E-state index in [1.54, 1.807) is 0 Å². The second kappa shape index (κ2) is 3.05. The molecule has 60 valence electrons. The van der Waals surface area contributed by atoms with Crippen molar-refractivity contribution < 1.29 is 0 Å². The highest BCUT2D eigenvalue weighted by molar-refractivity contribution is 4.83. The van der Waals surface area contributed by atoms with Crippen LogP contribution in [0.25, 0.3) is 0 Å². The lowest BCUT2D eigenvalue weighted by Gasteiger charge is -2.23. The molecule has 2 rings (SSSR count). The summed E-state index contributed by atoms with van der Waals surface area (Å²) in [4.78, 5) is 4.03. The molecule has 0 radical (unpaired) electrons. The summed E-state index contributed by atoms with van der Waals surface area (Å²) in [7, 11) is 0. The number of rotatable bonds is 1. The lowest BCUT2D eigenvalue weighted by atomic mass is 10.1. The number of nitrogens with zero attached hydrogens (tertiary/aromatic N) is 2. The molecule has 1 aliphatic heterocycles. The number of nitrogens with one attached hydrogen (secondary N) is 1. The van der Waals surface area contributed by atoms with Crippen molar-refractivity contribution in [2.45, 2.75) is 18.9 Å². The van der Waals surface area contributed by atoms with Crippen molar-refractivity contribution in [2.24, 2.45) is 0 Å². The third-order valence-electron chi connectivity index (χ3n) is 2.22. The molecule has 0 aromatic carbocycles. The Hall–Kier alpha value is -0.830. The van der Waals surface area contributed by atoms with Crippen LogP contribution in [0, 0.1) is 0 Å². The predicted octanol–water partition coefficient (Wildman–Crippen LogP) is 0.808. The van der Waals surface area contributed by atoms with Crippen LogP contribution in [0.1, 0.15) is 18.9 Å². The van der Waals surface area contributed by atoms with Crippen LogP contribution in [-0.2, 0) is 0 Å². The number of hydrogen-bond donors (Lipinski definition) is 1. The van der Waals surface area contributed by atoms with Gasteiger partial charge in [-0.25, -0.2) is 4.98 Å². The Morgan fingerprint density at radius 3 is 3.18 bits per heavy atom. The highest BCUT2D eigenvalue weighted by Crippen LogP contribution is 2.14. The molecule has 0 saturated carbocycles. The summed E-state index contributed by atoms with van der Waals surface area (Å²) in [6, 6.07) is 0.631. The van der Waals surface area contributed by atoms with Gasteiger partial charge < -0.3 is 9.88 Å². The van der Waals surface area contributed by atoms with Crippen molar-refractivity contribution in [2.75, 3.05) is 13.1 Å². The summed E-state index contributed by atoms with van der Waals surface area (Å²) in [5, 5.41) is 3.37. The summed E-state index contributed by atoms with van der Waals surface area (Å²) in [6.07, 6.45) is 8.34. The van der Waals surface area contributed by atoms with E-state index in [-0.39, 0.29) is 0 Å². The molecule has 0 aliphatic carbocycles. The molecule has 1 atom stereocenters. The quantitative estimate of drug-likeness (QED) is 0.643. The molecule has 1 saturated heterocycles. The summed E-state index contributed by atoms with van der Waals surface area (Å²) < 4.78 is 2.19. The molecule has 3 heteroatoms. The van der Waals surface area contributed by atoms with Crippen molar-refractivity contribution in [3.63, 3.8) is 0 Å². The van der Waals surface area contributed by atoms with Crippen molar-refractivity contribution in [1.82, 2.24) is 14.9 Å². The van der Waals surface area contributed by atoms with Crippen molar-refractivity contribution in [3.8, 4) is 0 Å². The highest BCUT2D eigenvalue weighted by Gasteiger charge is 2.12. The number of piperidine rings is 1. The van der Waals surface area contributed by atoms with Gasteiger partial charge in [-0.05, 0) is 19.4 Å². The Bertz CT molecular complexity index is 199. The van der Waals surface area contributed by atoms with Gasteiger partial charge in [0.05, 0.1) is 6.33 Å². The average molecular weight is 151 g/mol. The number of imidazole rings is 1. The molecule has 0 amide bonds. The minimum absolute atomic E-state index is 0.631. The van der Waals surface area contributed by atoms with Gasteiger partial charge in [-0.1, -0.05) is 0 Å². The lowest BCUT2D eigenvalue weighted by molar-refractivity contribution is 0.371. The fourth-order valence-corrected chi connectivity index (χ4v) is 1.57. The van der Waals surface area contributed by atoms with Crippen LogP contribution >= 0.6 is 0 Å². The van der Waals surface area contributed by atoms with E-state index in [0.29, 0.717) is 6.04 Å². The van der Waals surface area contributed by atoms with Gasteiger partial charge in [0.25, 0.3) is 0 Å². The Morgan fingerprint density at radius 1 is 1.55 bits per heavy atom. The Morgan fingerprint density at radius 2 is 2.55 bits per heavy atom. The summed E-state index contributed by atoms with van der Waals surface area (Å²) in [6.45, 7) is 2.27. The van der Waals surface area contributed by atoms with Crippen molar-refractivity contribution in [1.29, 1.82) is 0 Å². The number of hydrogen-bond acceptors (Lipinski definition) is 2. The average Bonchev–Trinajstić information content (AvgIpc) is 2.58. The first-order valence-corrected chi connectivity index (χ1v) is 4.15. The van der Waals surface area contributed by atoms with Crippen LogP contribution in [-0.4, -0.2) is 22.6 Å². The van der Waals surface area contributed by atoms with Crippen molar-refractivity contribution >= 4 is 0 Å². The van der Waals surface area contributed by atoms with Crippen LogP contribution in [0.2, 0.25) is 0 Å². The third-order valence-corrected chi connectivity index (χ3v) is 2.22. The van der Waals surface area contributed by atoms with E-state index in [0.717, 1.165) is 6.54 Å². The zero-order chi connectivity index (χ0) is 7.52. The highest BCUT2D eigenvalue weighted by atomic mass is 15.1. The molecular formula is C8H13N3. The van der Waals surface area contributed by atoms with Gasteiger partial charge in [0, 0.05) is 25.0 Å². The maximum atomic E-state index is 4.03. The topological polar surface area (TPSA) is 29.9 Å². The van der Waals surface area contributed by atoms with Gasteiger partial charge in [0.2, 0.25) is 0 Å². The van der Waals surface area contributed by atoms with Crippen LogP contribution < -0.4 is 5.32 Å². The maximum Gasteiger partial charge on any atom is 0.0948 e. The van der Waals surface area contributed by atoms with Crippen molar-refractivity contribution in [3.05, 3.63) is 18.7 Å². The summed E-state index contributed by atoms with van der Waals surface area (Å²) in [5.74, 6) is 0. The normalized spacial score (nSPS) is 25.3. The fraction of sp³-hybridized carbons (Fsp3) is 0.625. The lowest BCUT2D eigenvalue weighted by Crippen LogP contribution is -2.31. The molecule has 1 unspecified atom stereocenters. The summed E-state index contributed by atoms with van der Waals surface area (Å²) in [5.41, 5.74) is 0. The van der Waals surface area contributed by atoms with E-state index in [9.17, 15) is 0 Å². The molecule has 0 spiro atoms. The van der Waals surface area contributed by atoms with Gasteiger partial charge in [0.15, 0.2) is 0 Å². The molecule has 1 aromatic rings. The van der Waals surface area contributed by atoms with E-state index < -0.39 is 0 Å². The summed E-state index contributed by atoms with van der Waals surface area (Å²) >= 11 is 0. The second-order valence-corrected chi connectivity index (χ2v) is 3.01. The zero-order valence-electron chi connectivity index (χ0n) is 6.53. The molecule has 1 aliphatic rings. The van der Waals surface area contributed by atoms with Gasteiger partial charge in [-0.2, -0.15) is 0 Å².